The number of thiophene rings is 1. The average molecular weight is 466 g/mol. The van der Waals surface area contributed by atoms with Gasteiger partial charge in [-0.25, -0.2) is 4.98 Å². The topological polar surface area (TPSA) is 113 Å². The number of rotatable bonds is 4. The fourth-order valence-electron chi connectivity index (χ4n) is 4.13. The van der Waals surface area contributed by atoms with Gasteiger partial charge in [0.25, 0.3) is 0 Å². The quantitative estimate of drug-likeness (QED) is 0.609. The van der Waals surface area contributed by atoms with E-state index < -0.39 is 12.0 Å². The fraction of sp³-hybridized carbons (Fsp3) is 0.526. The monoisotopic (exact) mass is 465 g/mol. The Hall–Kier alpha value is -2.80. The molecule has 0 bridgehead atoms. The zero-order valence-electron chi connectivity index (χ0n) is 17.4. The van der Waals surface area contributed by atoms with Crippen LogP contribution in [-0.2, 0) is 25.7 Å². The highest BCUT2D eigenvalue weighted by atomic mass is 32.1. The third-order valence-electron chi connectivity index (χ3n) is 5.72. The lowest BCUT2D eigenvalue weighted by Gasteiger charge is -2.30. The molecule has 5 rings (SSSR count). The Labute approximate surface area is 185 Å². The van der Waals surface area contributed by atoms with E-state index in [9.17, 15) is 13.2 Å². The van der Waals surface area contributed by atoms with Crippen molar-refractivity contribution in [3.63, 3.8) is 0 Å². The van der Waals surface area contributed by atoms with Crippen LogP contribution in [0.1, 0.15) is 29.9 Å². The van der Waals surface area contributed by atoms with E-state index in [0.29, 0.717) is 37.1 Å². The lowest BCUT2D eigenvalue weighted by Crippen LogP contribution is -2.36. The van der Waals surface area contributed by atoms with Crippen molar-refractivity contribution in [1.29, 1.82) is 5.41 Å². The van der Waals surface area contributed by atoms with Gasteiger partial charge < -0.3 is 25.5 Å². The van der Waals surface area contributed by atoms with E-state index >= 15 is 0 Å². The minimum Gasteiger partial charge on any atom is -0.347 e. The van der Waals surface area contributed by atoms with E-state index in [1.54, 1.807) is 11.3 Å². The first-order chi connectivity index (χ1) is 15.2. The zero-order valence-corrected chi connectivity index (χ0v) is 18.2. The minimum atomic E-state index is -4.54. The largest absolute Gasteiger partial charge is 0.451 e. The van der Waals surface area contributed by atoms with Crippen molar-refractivity contribution in [3.8, 4) is 0 Å². The summed E-state index contributed by atoms with van der Waals surface area (Å²) in [4.78, 5) is 15.3. The Morgan fingerprint density at radius 3 is 2.69 bits per heavy atom. The van der Waals surface area contributed by atoms with Gasteiger partial charge in [0.2, 0.25) is 11.8 Å². The molecule has 5 heterocycles. The number of nitrogens with two attached hydrogens (primary N) is 1. The van der Waals surface area contributed by atoms with E-state index in [4.69, 9.17) is 21.1 Å². The SMILES string of the molecule is CCCc1cc2c(N3CCn4c(nnc4C(F)(F)F)C3)nc(N3CC(=N)C(N)C3)nc2s1. The van der Waals surface area contributed by atoms with Crippen LogP contribution in [0.4, 0.5) is 24.9 Å². The maximum atomic E-state index is 13.2. The van der Waals surface area contributed by atoms with Crippen molar-refractivity contribution < 1.29 is 13.2 Å². The molecule has 2 aliphatic heterocycles. The summed E-state index contributed by atoms with van der Waals surface area (Å²) < 4.78 is 40.8. The number of hydrogen-bond donors (Lipinski definition) is 2. The Kier molecular flexibility index (Phi) is 5.04. The summed E-state index contributed by atoms with van der Waals surface area (Å²) >= 11 is 1.60. The van der Waals surface area contributed by atoms with Gasteiger partial charge in [-0.2, -0.15) is 18.2 Å². The molecule has 0 aromatic carbocycles. The molecule has 170 valence electrons. The van der Waals surface area contributed by atoms with Crippen LogP contribution in [0.25, 0.3) is 10.2 Å². The van der Waals surface area contributed by atoms with Gasteiger partial charge in [-0.1, -0.05) is 13.3 Å². The Bertz CT molecular complexity index is 1180. The molecule has 13 heteroatoms. The molecule has 0 radical (unpaired) electrons. The van der Waals surface area contributed by atoms with Crippen LogP contribution < -0.4 is 15.5 Å². The number of fused-ring (bicyclic) bond motifs is 2. The van der Waals surface area contributed by atoms with Gasteiger partial charge in [-0.15, -0.1) is 21.5 Å². The van der Waals surface area contributed by atoms with Crippen LogP contribution in [0.2, 0.25) is 0 Å². The number of anilines is 2. The van der Waals surface area contributed by atoms with Crippen LogP contribution >= 0.6 is 11.3 Å². The Balaban J connectivity index is 1.55. The maximum Gasteiger partial charge on any atom is 0.451 e. The van der Waals surface area contributed by atoms with Gasteiger partial charge in [0.05, 0.1) is 24.5 Å². The van der Waals surface area contributed by atoms with E-state index in [1.807, 2.05) is 9.80 Å². The van der Waals surface area contributed by atoms with Crippen LogP contribution in [0.5, 0.6) is 0 Å². The molecule has 32 heavy (non-hydrogen) atoms. The molecular formula is C19H22F3N9S. The number of nitrogens with zero attached hydrogens (tertiary/aromatic N) is 7. The summed E-state index contributed by atoms with van der Waals surface area (Å²) in [5.41, 5.74) is 6.42. The van der Waals surface area contributed by atoms with Crippen molar-refractivity contribution in [1.82, 2.24) is 24.7 Å². The van der Waals surface area contributed by atoms with E-state index in [1.165, 1.54) is 4.88 Å². The van der Waals surface area contributed by atoms with Crippen LogP contribution in [-0.4, -0.2) is 56.1 Å². The van der Waals surface area contributed by atoms with Crippen molar-refractivity contribution in [2.24, 2.45) is 5.73 Å². The average Bonchev–Trinajstić information content (AvgIpc) is 3.43. The number of nitrogens with one attached hydrogen (secondary N) is 1. The third-order valence-corrected chi connectivity index (χ3v) is 6.81. The van der Waals surface area contributed by atoms with Crippen molar-refractivity contribution in [2.45, 2.75) is 45.1 Å². The summed E-state index contributed by atoms with van der Waals surface area (Å²) in [5, 5.41) is 16.0. The molecule has 1 fully saturated rings. The van der Waals surface area contributed by atoms with E-state index in [2.05, 4.69) is 23.2 Å². The second-order valence-electron chi connectivity index (χ2n) is 8.05. The number of aromatic nitrogens is 5. The molecule has 0 aliphatic carbocycles. The third kappa shape index (κ3) is 3.58. The molecule has 0 saturated carbocycles. The molecule has 3 N–H and O–H groups in total. The van der Waals surface area contributed by atoms with Gasteiger partial charge in [-0.3, -0.25) is 0 Å². The number of alkyl halides is 3. The molecule has 9 nitrogen and oxygen atoms in total. The van der Waals surface area contributed by atoms with Crippen LogP contribution in [0, 0.1) is 5.41 Å². The van der Waals surface area contributed by atoms with E-state index in [0.717, 1.165) is 27.6 Å². The fourth-order valence-corrected chi connectivity index (χ4v) is 5.25. The standard InChI is InChI=1S/C19H22F3N9S/c1-2-3-10-6-11-15(25-18(26-16(11)32-10)30-7-12(23)13(24)8-30)29-4-5-31-14(9-29)27-28-17(31)19(20,21)22/h6,12,24H,2-5,7-9,23H2,1H3. The van der Waals surface area contributed by atoms with Gasteiger partial charge in [0.1, 0.15) is 10.6 Å². The molecule has 1 unspecified atom stereocenters. The van der Waals surface area contributed by atoms with Crippen molar-refractivity contribution in [2.75, 3.05) is 29.4 Å². The van der Waals surface area contributed by atoms with E-state index in [-0.39, 0.29) is 25.0 Å². The number of halogens is 3. The smallest absolute Gasteiger partial charge is 0.347 e. The number of hydrogen-bond acceptors (Lipinski definition) is 9. The van der Waals surface area contributed by atoms with Crippen molar-refractivity contribution in [3.05, 3.63) is 22.6 Å². The highest BCUT2D eigenvalue weighted by Crippen LogP contribution is 2.36. The summed E-state index contributed by atoms with van der Waals surface area (Å²) in [6, 6.07) is 1.71. The van der Waals surface area contributed by atoms with Crippen molar-refractivity contribution >= 4 is 39.0 Å². The predicted octanol–water partition coefficient (Wildman–Crippen LogP) is 2.44. The lowest BCUT2D eigenvalue weighted by atomic mass is 10.2. The van der Waals surface area contributed by atoms with Gasteiger partial charge in [0.15, 0.2) is 5.82 Å². The molecule has 2 aliphatic rings. The first-order valence-corrected chi connectivity index (χ1v) is 11.2. The number of aryl methyl sites for hydroxylation is 1. The molecule has 1 atom stereocenters. The lowest BCUT2D eigenvalue weighted by molar-refractivity contribution is -0.147. The molecule has 3 aromatic heterocycles. The predicted molar refractivity (Wildman–Crippen MR) is 115 cm³/mol. The second kappa shape index (κ2) is 7.66. The molecule has 3 aromatic rings. The molecule has 1 saturated heterocycles. The second-order valence-corrected chi connectivity index (χ2v) is 9.17. The minimum absolute atomic E-state index is 0.114. The van der Waals surface area contributed by atoms with Gasteiger partial charge in [0, 0.05) is 30.2 Å². The molecule has 0 amide bonds. The maximum absolute atomic E-state index is 13.2. The summed E-state index contributed by atoms with van der Waals surface area (Å²) in [6.07, 6.45) is -2.63. The summed E-state index contributed by atoms with van der Waals surface area (Å²) in [7, 11) is 0. The van der Waals surface area contributed by atoms with Crippen LogP contribution in [0.3, 0.4) is 0 Å². The first-order valence-electron chi connectivity index (χ1n) is 10.4. The molecule has 0 spiro atoms. The summed E-state index contributed by atoms with van der Waals surface area (Å²) in [5.74, 6) is 0.438. The summed E-state index contributed by atoms with van der Waals surface area (Å²) in [6.45, 7) is 3.55. The van der Waals surface area contributed by atoms with Crippen LogP contribution in [0.15, 0.2) is 6.07 Å². The Morgan fingerprint density at radius 2 is 2.00 bits per heavy atom. The zero-order chi connectivity index (χ0) is 22.6. The normalized spacial score (nSPS) is 19.3. The molecular weight excluding hydrogens is 443 g/mol. The first kappa shape index (κ1) is 21.1. The highest BCUT2D eigenvalue weighted by molar-refractivity contribution is 7.18. The van der Waals surface area contributed by atoms with Gasteiger partial charge in [-0.05, 0) is 12.5 Å². The Morgan fingerprint density at radius 1 is 1.19 bits per heavy atom. The highest BCUT2D eigenvalue weighted by Gasteiger charge is 2.40. The van der Waals surface area contributed by atoms with Gasteiger partial charge >= 0.3 is 6.18 Å².